The van der Waals surface area contributed by atoms with E-state index < -0.39 is 11.7 Å². The van der Waals surface area contributed by atoms with E-state index in [1.54, 1.807) is 6.07 Å². The number of rotatable bonds is 3. The molecule has 0 aliphatic carbocycles. The summed E-state index contributed by atoms with van der Waals surface area (Å²) in [6.07, 6.45) is -4.31. The highest BCUT2D eigenvalue weighted by Crippen LogP contribution is 2.33. The Bertz CT molecular complexity index is 462. The fourth-order valence-electron chi connectivity index (χ4n) is 2.26. The average molecular weight is 288 g/mol. The molecule has 20 heavy (non-hydrogen) atoms. The maximum absolute atomic E-state index is 12.8. The van der Waals surface area contributed by atoms with Gasteiger partial charge in [-0.05, 0) is 31.7 Å². The van der Waals surface area contributed by atoms with Crippen LogP contribution in [0.15, 0.2) is 18.2 Å². The van der Waals surface area contributed by atoms with Crippen molar-refractivity contribution in [3.05, 3.63) is 29.3 Å². The third-order valence-corrected chi connectivity index (χ3v) is 3.42. The van der Waals surface area contributed by atoms with Gasteiger partial charge in [0.2, 0.25) is 0 Å². The van der Waals surface area contributed by atoms with Crippen LogP contribution in [-0.2, 0) is 10.9 Å². The molecule has 1 aromatic carbocycles. The van der Waals surface area contributed by atoms with E-state index >= 15 is 0 Å². The van der Waals surface area contributed by atoms with Gasteiger partial charge in [-0.3, -0.25) is 0 Å². The zero-order valence-electron chi connectivity index (χ0n) is 11.6. The Morgan fingerprint density at radius 3 is 2.80 bits per heavy atom. The molecular formula is C14H19F3N2O. The normalized spacial score (nSPS) is 20.9. The van der Waals surface area contributed by atoms with E-state index in [1.807, 2.05) is 7.05 Å². The smallest absolute Gasteiger partial charge is 0.382 e. The summed E-state index contributed by atoms with van der Waals surface area (Å²) < 4.78 is 44.0. The van der Waals surface area contributed by atoms with Crippen LogP contribution in [0.25, 0.3) is 0 Å². The number of benzene rings is 1. The van der Waals surface area contributed by atoms with Gasteiger partial charge in [-0.15, -0.1) is 0 Å². The fourth-order valence-corrected chi connectivity index (χ4v) is 2.26. The van der Waals surface area contributed by atoms with E-state index in [0.717, 1.165) is 19.2 Å². The highest BCUT2D eigenvalue weighted by Gasteiger charge is 2.32. The minimum atomic E-state index is -4.32. The number of likely N-dealkylation sites (N-methyl/N-ethyl adjacent to an activating group) is 1. The van der Waals surface area contributed by atoms with Crippen LogP contribution >= 0.6 is 0 Å². The standard InChI is InChI=1S/C14H19F3N2O/c1-10-3-4-11(7-13(10)14(15,16)17)18-8-12-9-19(2)5-6-20-12/h3-4,7,12,18H,5-6,8-9H2,1-2H3. The van der Waals surface area contributed by atoms with E-state index in [1.165, 1.54) is 13.0 Å². The lowest BCUT2D eigenvalue weighted by atomic mass is 10.1. The highest BCUT2D eigenvalue weighted by atomic mass is 19.4. The van der Waals surface area contributed by atoms with E-state index in [0.29, 0.717) is 18.8 Å². The highest BCUT2D eigenvalue weighted by molar-refractivity contribution is 5.49. The Hall–Kier alpha value is -1.27. The van der Waals surface area contributed by atoms with Crippen molar-refractivity contribution in [2.75, 3.05) is 38.6 Å². The molecule has 0 aromatic heterocycles. The Morgan fingerprint density at radius 1 is 1.40 bits per heavy atom. The number of aryl methyl sites for hydroxylation is 1. The number of ether oxygens (including phenoxy) is 1. The molecule has 6 heteroatoms. The molecule has 0 saturated carbocycles. The molecule has 1 atom stereocenters. The molecule has 1 aliphatic heterocycles. The van der Waals surface area contributed by atoms with Crippen LogP contribution in [-0.4, -0.2) is 44.3 Å². The molecule has 3 nitrogen and oxygen atoms in total. The molecule has 0 radical (unpaired) electrons. The van der Waals surface area contributed by atoms with Crippen LogP contribution < -0.4 is 5.32 Å². The number of morpholine rings is 1. The molecule has 0 bridgehead atoms. The number of alkyl halides is 3. The van der Waals surface area contributed by atoms with Gasteiger partial charge in [-0.2, -0.15) is 13.2 Å². The summed E-state index contributed by atoms with van der Waals surface area (Å²) in [6, 6.07) is 4.30. The summed E-state index contributed by atoms with van der Waals surface area (Å²) in [7, 11) is 2.00. The van der Waals surface area contributed by atoms with Crippen molar-refractivity contribution in [3.63, 3.8) is 0 Å². The van der Waals surface area contributed by atoms with E-state index in [2.05, 4.69) is 10.2 Å². The summed E-state index contributed by atoms with van der Waals surface area (Å²) in [6.45, 7) is 4.30. The van der Waals surface area contributed by atoms with Gasteiger partial charge in [0.25, 0.3) is 0 Å². The number of hydrogen-bond donors (Lipinski definition) is 1. The number of hydrogen-bond acceptors (Lipinski definition) is 3. The lowest BCUT2D eigenvalue weighted by Gasteiger charge is -2.30. The molecular weight excluding hydrogens is 269 g/mol. The molecule has 1 N–H and O–H groups in total. The van der Waals surface area contributed by atoms with Crippen molar-refractivity contribution in [3.8, 4) is 0 Å². The quantitative estimate of drug-likeness (QED) is 0.925. The molecule has 1 saturated heterocycles. The molecule has 1 unspecified atom stereocenters. The minimum absolute atomic E-state index is 0.00406. The first-order chi connectivity index (χ1) is 9.36. The first-order valence-corrected chi connectivity index (χ1v) is 6.58. The Balaban J connectivity index is 1.99. The Morgan fingerprint density at radius 2 is 2.15 bits per heavy atom. The van der Waals surface area contributed by atoms with Crippen LogP contribution in [0.3, 0.4) is 0 Å². The number of nitrogens with one attached hydrogen (secondary N) is 1. The zero-order valence-corrected chi connectivity index (χ0v) is 11.6. The second-order valence-electron chi connectivity index (χ2n) is 5.16. The van der Waals surface area contributed by atoms with Crippen molar-refractivity contribution in [1.82, 2.24) is 4.90 Å². The van der Waals surface area contributed by atoms with Crippen LogP contribution in [0.4, 0.5) is 18.9 Å². The fraction of sp³-hybridized carbons (Fsp3) is 0.571. The van der Waals surface area contributed by atoms with E-state index in [4.69, 9.17) is 4.74 Å². The molecule has 1 fully saturated rings. The first kappa shape index (κ1) is 15.1. The van der Waals surface area contributed by atoms with Crippen molar-refractivity contribution < 1.29 is 17.9 Å². The summed E-state index contributed by atoms with van der Waals surface area (Å²) in [5, 5.41) is 3.02. The van der Waals surface area contributed by atoms with Crippen LogP contribution in [0.1, 0.15) is 11.1 Å². The van der Waals surface area contributed by atoms with Crippen LogP contribution in [0.2, 0.25) is 0 Å². The maximum Gasteiger partial charge on any atom is 0.416 e. The largest absolute Gasteiger partial charge is 0.416 e. The molecule has 0 spiro atoms. The van der Waals surface area contributed by atoms with Gasteiger partial charge >= 0.3 is 6.18 Å². The van der Waals surface area contributed by atoms with Gasteiger partial charge in [0.15, 0.2) is 0 Å². The monoisotopic (exact) mass is 288 g/mol. The van der Waals surface area contributed by atoms with Gasteiger partial charge in [-0.1, -0.05) is 6.07 Å². The van der Waals surface area contributed by atoms with Gasteiger partial charge in [0, 0.05) is 25.3 Å². The van der Waals surface area contributed by atoms with Gasteiger partial charge in [0.05, 0.1) is 18.3 Å². The minimum Gasteiger partial charge on any atom is -0.382 e. The van der Waals surface area contributed by atoms with E-state index in [-0.39, 0.29) is 11.7 Å². The lowest BCUT2D eigenvalue weighted by molar-refractivity contribution is -0.138. The Kier molecular flexibility index (Phi) is 4.55. The molecule has 112 valence electrons. The van der Waals surface area contributed by atoms with E-state index in [9.17, 15) is 13.2 Å². The number of halogens is 3. The lowest BCUT2D eigenvalue weighted by Crippen LogP contribution is -2.43. The van der Waals surface area contributed by atoms with Crippen molar-refractivity contribution in [1.29, 1.82) is 0 Å². The van der Waals surface area contributed by atoms with Gasteiger partial charge in [-0.25, -0.2) is 0 Å². The molecule has 1 heterocycles. The van der Waals surface area contributed by atoms with Crippen molar-refractivity contribution >= 4 is 5.69 Å². The second kappa shape index (κ2) is 6.01. The zero-order chi connectivity index (χ0) is 14.8. The predicted octanol–water partition coefficient (Wildman–Crippen LogP) is 2.76. The molecule has 1 aromatic rings. The van der Waals surface area contributed by atoms with Crippen molar-refractivity contribution in [2.24, 2.45) is 0 Å². The van der Waals surface area contributed by atoms with Gasteiger partial charge < -0.3 is 15.0 Å². The molecule has 1 aliphatic rings. The number of anilines is 1. The third kappa shape index (κ3) is 3.86. The average Bonchev–Trinajstić information content (AvgIpc) is 2.36. The number of nitrogens with zero attached hydrogens (tertiary/aromatic N) is 1. The molecule has 0 amide bonds. The Labute approximate surface area is 116 Å². The summed E-state index contributed by atoms with van der Waals surface area (Å²) in [4.78, 5) is 2.14. The maximum atomic E-state index is 12.8. The SMILES string of the molecule is Cc1ccc(NCC2CN(C)CCO2)cc1C(F)(F)F. The topological polar surface area (TPSA) is 24.5 Å². The van der Waals surface area contributed by atoms with Crippen LogP contribution in [0.5, 0.6) is 0 Å². The predicted molar refractivity (Wildman–Crippen MR) is 71.9 cm³/mol. The summed E-state index contributed by atoms with van der Waals surface area (Å²) in [5.74, 6) is 0. The molecule has 2 rings (SSSR count). The first-order valence-electron chi connectivity index (χ1n) is 6.58. The summed E-state index contributed by atoms with van der Waals surface area (Å²) in [5.41, 5.74) is 0.112. The van der Waals surface area contributed by atoms with Crippen molar-refractivity contribution in [2.45, 2.75) is 19.2 Å². The second-order valence-corrected chi connectivity index (χ2v) is 5.16. The van der Waals surface area contributed by atoms with Gasteiger partial charge in [0.1, 0.15) is 0 Å². The third-order valence-electron chi connectivity index (χ3n) is 3.42. The summed E-state index contributed by atoms with van der Waals surface area (Å²) >= 11 is 0. The van der Waals surface area contributed by atoms with Crippen LogP contribution in [0, 0.1) is 6.92 Å².